The van der Waals surface area contributed by atoms with Crippen molar-refractivity contribution < 1.29 is 27.5 Å². The zero-order chi connectivity index (χ0) is 37.8. The maximum Gasteiger partial charge on any atom is 0.264 e. The predicted molar refractivity (Wildman–Crippen MR) is 226 cm³/mol. The number of rotatable bonds is 0. The zero-order valence-electron chi connectivity index (χ0n) is 31.1. The third kappa shape index (κ3) is 9.48. The molecule has 13 heteroatoms. The number of nitrogens with one attached hydrogen (secondary N) is 2. The summed E-state index contributed by atoms with van der Waals surface area (Å²) in [6.07, 6.45) is 8.60. The zero-order valence-corrected chi connectivity index (χ0v) is 34.9. The first kappa shape index (κ1) is 42.9. The van der Waals surface area contributed by atoms with Crippen LogP contribution in [-0.4, -0.2) is 100 Å². The molecule has 0 radical (unpaired) electrons. The van der Waals surface area contributed by atoms with E-state index in [1.54, 1.807) is 37.3 Å². The summed E-state index contributed by atoms with van der Waals surface area (Å²) < 4.78 is 40.4. The largest absolute Gasteiger partial charge is 0.490 e. The van der Waals surface area contributed by atoms with E-state index >= 15 is 0 Å². The molecule has 10 nitrogen and oxygen atoms in total. The van der Waals surface area contributed by atoms with Crippen LogP contribution < -0.4 is 19.7 Å². The molecule has 3 fully saturated rings. The van der Waals surface area contributed by atoms with Gasteiger partial charge in [0.15, 0.2) is 5.78 Å². The van der Waals surface area contributed by atoms with Gasteiger partial charge in [0.1, 0.15) is 5.75 Å². The molecule has 1 saturated carbocycles. The number of halogens is 2. The molecular formula is C41H58ClIN4O6S. The molecule has 6 aliphatic rings. The molecule has 2 bridgehead atoms. The van der Waals surface area contributed by atoms with Gasteiger partial charge in [-0.25, -0.2) is 13.1 Å². The third-order valence-corrected chi connectivity index (χ3v) is 14.3. The monoisotopic (exact) mass is 896 g/mol. The Bertz CT molecular complexity index is 1750. The second kappa shape index (κ2) is 18.8. The minimum atomic E-state index is -3.93. The number of fused-ring (bicyclic) bond motifs is 5. The van der Waals surface area contributed by atoms with Gasteiger partial charge in [-0.1, -0.05) is 60.7 Å². The maximum atomic E-state index is 13.3. The normalized spacial score (nSPS) is 31.0. The van der Waals surface area contributed by atoms with Crippen molar-refractivity contribution in [1.82, 2.24) is 14.9 Å². The number of ether oxygens (including phenoxy) is 2. The van der Waals surface area contributed by atoms with Gasteiger partial charge in [-0.05, 0) is 110 Å². The molecule has 2 aromatic rings. The molecule has 4 heterocycles. The van der Waals surface area contributed by atoms with Crippen molar-refractivity contribution >= 4 is 61.6 Å². The van der Waals surface area contributed by atoms with Crippen LogP contribution in [0, 0.1) is 17.8 Å². The number of morpholine rings is 1. The number of allylic oxidation sites excluding steroid dienone is 2. The van der Waals surface area contributed by atoms with Gasteiger partial charge < -0.3 is 19.7 Å². The van der Waals surface area contributed by atoms with Crippen LogP contribution in [0.5, 0.6) is 5.75 Å². The molecule has 1 spiro atoms. The van der Waals surface area contributed by atoms with E-state index in [2.05, 4.69) is 54.6 Å². The number of nitrogens with zero attached hydrogens (tertiary/aromatic N) is 2. The Hall–Kier alpha value is -2.23. The molecule has 2 aliphatic carbocycles. The Morgan fingerprint density at radius 2 is 1.87 bits per heavy atom. The van der Waals surface area contributed by atoms with E-state index in [9.17, 15) is 18.0 Å². The fourth-order valence-corrected chi connectivity index (χ4v) is 10.1. The van der Waals surface area contributed by atoms with Gasteiger partial charge in [-0.15, -0.1) is 0 Å². The highest BCUT2D eigenvalue weighted by atomic mass is 127. The summed E-state index contributed by atoms with van der Waals surface area (Å²) in [5.74, 6) is -0.0319. The maximum absolute atomic E-state index is 13.3. The molecule has 2 N–H and O–H groups in total. The molecule has 1 amide bonds. The average Bonchev–Trinajstić information content (AvgIpc) is 3.30. The molecule has 8 rings (SSSR count). The topological polar surface area (TPSA) is 117 Å². The van der Waals surface area contributed by atoms with Crippen LogP contribution in [0.15, 0.2) is 48.6 Å². The van der Waals surface area contributed by atoms with Crippen molar-refractivity contribution in [3.05, 3.63) is 70.3 Å². The van der Waals surface area contributed by atoms with Gasteiger partial charge in [-0.3, -0.25) is 14.5 Å². The Balaban J connectivity index is 0.000000368. The summed E-state index contributed by atoms with van der Waals surface area (Å²) in [7, 11) is -3.93. The molecular weight excluding hydrogens is 839 g/mol. The van der Waals surface area contributed by atoms with E-state index in [-0.39, 0.29) is 41.9 Å². The van der Waals surface area contributed by atoms with Gasteiger partial charge in [0.2, 0.25) is 10.0 Å². The number of hydrogen-bond donors (Lipinski definition) is 2. The minimum Gasteiger partial charge on any atom is -0.490 e. The standard InChI is InChI=1S/C32H37ClN2O5S.C7H14N2O.CH3I.CH4/c1-20-5-3-7-29(36)26-11-8-24(26)17-35-18-32(14-4-6-22-15-25(33)10-12-27(22)32)19-40-30-13-9-23(16-28(30)35)31(37)34-41(38,39)21(20)2;1-2-9-3-4-10-6-7(9)5-8-1;1-2;/h3,7,9-10,12-13,15-16,20-21,24,26H,4-6,8,11,14,17-19H2,1-2H3,(H,34,37);7-8H,1-6H2;1H3;1H4/b7-3+;;;/t20-,21+,24-,26+,32-;7-;;/m00../s1. The quantitative estimate of drug-likeness (QED) is 0.228. The van der Waals surface area contributed by atoms with Crippen LogP contribution >= 0.6 is 34.2 Å². The lowest BCUT2D eigenvalue weighted by Crippen LogP contribution is -2.56. The van der Waals surface area contributed by atoms with Gasteiger partial charge in [-0.2, -0.15) is 0 Å². The van der Waals surface area contributed by atoms with E-state index in [0.717, 1.165) is 75.7 Å². The summed E-state index contributed by atoms with van der Waals surface area (Å²) in [5.41, 5.74) is 3.22. The van der Waals surface area contributed by atoms with E-state index < -0.39 is 21.2 Å². The van der Waals surface area contributed by atoms with Crippen LogP contribution in [0.3, 0.4) is 0 Å². The van der Waals surface area contributed by atoms with Gasteiger partial charge in [0.25, 0.3) is 5.91 Å². The number of anilines is 1. The summed E-state index contributed by atoms with van der Waals surface area (Å²) in [5, 5.41) is 3.28. The van der Waals surface area contributed by atoms with Gasteiger partial charge in [0, 0.05) is 67.2 Å². The van der Waals surface area contributed by atoms with Crippen molar-refractivity contribution in [2.75, 3.05) is 68.9 Å². The number of ketones is 1. The smallest absolute Gasteiger partial charge is 0.264 e. The number of benzene rings is 2. The Kier molecular flexibility index (Phi) is 14.9. The fourth-order valence-electron chi connectivity index (χ4n) is 8.66. The van der Waals surface area contributed by atoms with E-state index in [4.69, 9.17) is 21.1 Å². The SMILES string of the molecule is C.C1CN2CCOC[C@@H]2CN1.CI.C[C@@H]1[C@@H](C)C/C=C/C(=O)[C@@H]2CC[C@H]2CN2C[C@@]3(CCCc4cc(Cl)ccc43)COc3ccc(cc32)C(=O)NS1(=O)=O. The second-order valence-corrected chi connectivity index (χ2v) is 17.9. The molecule has 298 valence electrons. The summed E-state index contributed by atoms with van der Waals surface area (Å²) in [6.45, 7) is 11.7. The molecule has 2 aromatic carbocycles. The van der Waals surface area contributed by atoms with Crippen molar-refractivity contribution in [2.45, 2.75) is 76.5 Å². The number of sulfonamides is 1. The number of aryl methyl sites for hydroxylation is 1. The third-order valence-electron chi connectivity index (χ3n) is 12.2. The highest BCUT2D eigenvalue weighted by Crippen LogP contribution is 2.46. The van der Waals surface area contributed by atoms with Crippen LogP contribution in [0.2, 0.25) is 5.02 Å². The van der Waals surface area contributed by atoms with Crippen LogP contribution in [0.1, 0.15) is 74.9 Å². The number of alkyl halides is 1. The number of carbonyl (C=O) groups excluding carboxylic acids is 2. The highest BCUT2D eigenvalue weighted by molar-refractivity contribution is 14.1. The molecule has 54 heavy (non-hydrogen) atoms. The first-order valence-electron chi connectivity index (χ1n) is 19.0. The predicted octanol–water partition coefficient (Wildman–Crippen LogP) is 6.43. The molecule has 0 unspecified atom stereocenters. The molecule has 6 atom stereocenters. The minimum absolute atomic E-state index is 0. The Labute approximate surface area is 341 Å². The van der Waals surface area contributed by atoms with Crippen LogP contribution in [0.4, 0.5) is 5.69 Å². The molecule has 0 aromatic heterocycles. The van der Waals surface area contributed by atoms with Crippen molar-refractivity contribution in [2.24, 2.45) is 17.8 Å². The van der Waals surface area contributed by atoms with Crippen LogP contribution in [0.25, 0.3) is 0 Å². The van der Waals surface area contributed by atoms with E-state index in [1.165, 1.54) is 17.7 Å². The van der Waals surface area contributed by atoms with Crippen molar-refractivity contribution in [1.29, 1.82) is 0 Å². The second-order valence-electron chi connectivity index (χ2n) is 15.4. The molecule has 2 saturated heterocycles. The number of amides is 1. The lowest BCUT2D eigenvalue weighted by Gasteiger charge is -2.44. The lowest BCUT2D eigenvalue weighted by atomic mass is 9.68. The van der Waals surface area contributed by atoms with Gasteiger partial charge >= 0.3 is 0 Å². The number of piperazine rings is 1. The fraction of sp³-hybridized carbons (Fsp3) is 0.610. The van der Waals surface area contributed by atoms with Crippen molar-refractivity contribution in [3.63, 3.8) is 0 Å². The Morgan fingerprint density at radius 1 is 1.06 bits per heavy atom. The lowest BCUT2D eigenvalue weighted by molar-refractivity contribution is -0.122. The average molecular weight is 897 g/mol. The first-order chi connectivity index (χ1) is 25.5. The van der Waals surface area contributed by atoms with Gasteiger partial charge in [0.05, 0.1) is 30.8 Å². The highest BCUT2D eigenvalue weighted by Gasteiger charge is 2.44. The van der Waals surface area contributed by atoms with Crippen molar-refractivity contribution in [3.8, 4) is 5.75 Å². The number of carbonyl (C=O) groups is 2. The first-order valence-corrected chi connectivity index (χ1v) is 23.1. The Morgan fingerprint density at radius 3 is 2.63 bits per heavy atom. The summed E-state index contributed by atoms with van der Waals surface area (Å²) in [4.78, 5) is 33.3. The number of hydrogen-bond acceptors (Lipinski definition) is 9. The van der Waals surface area contributed by atoms with E-state index in [1.807, 2.05) is 17.9 Å². The summed E-state index contributed by atoms with van der Waals surface area (Å²) >= 11 is 8.52. The molecule has 4 aliphatic heterocycles. The van der Waals surface area contributed by atoms with Crippen LogP contribution in [-0.2, 0) is 31.4 Å². The summed E-state index contributed by atoms with van der Waals surface area (Å²) in [6, 6.07) is 11.9. The van der Waals surface area contributed by atoms with E-state index in [0.29, 0.717) is 37.9 Å².